The van der Waals surface area contributed by atoms with Crippen molar-refractivity contribution in [3.8, 4) is 5.82 Å². The summed E-state index contributed by atoms with van der Waals surface area (Å²) in [6.07, 6.45) is 5.04. The maximum absolute atomic E-state index is 5.66. The lowest BCUT2D eigenvalue weighted by atomic mass is 10.1. The molecule has 2 aromatic heterocycles. The molecule has 1 fully saturated rings. The molecule has 0 aliphatic carbocycles. The Hall–Kier alpha value is -1.79. The predicted octanol–water partition coefficient (Wildman–Crippen LogP) is 0.323. The molecule has 1 atom stereocenters. The van der Waals surface area contributed by atoms with Crippen LogP contribution in [-0.2, 0) is 4.74 Å². The molecule has 1 unspecified atom stereocenters. The van der Waals surface area contributed by atoms with Gasteiger partial charge in [-0.05, 0) is 6.07 Å². The van der Waals surface area contributed by atoms with Crippen LogP contribution in [0.1, 0.15) is 11.7 Å². The fourth-order valence-corrected chi connectivity index (χ4v) is 1.83. The van der Waals surface area contributed by atoms with Gasteiger partial charge in [-0.1, -0.05) is 6.07 Å². The summed E-state index contributed by atoms with van der Waals surface area (Å²) >= 11 is 0. The SMILES string of the molecule is c1ncn(-c2ccc(C3CNCCO3)cn2)n1. The van der Waals surface area contributed by atoms with Crippen LogP contribution in [0.15, 0.2) is 31.0 Å². The van der Waals surface area contributed by atoms with Gasteiger partial charge in [-0.2, -0.15) is 5.10 Å². The average molecular weight is 231 g/mol. The minimum atomic E-state index is 0.0982. The second-order valence-electron chi connectivity index (χ2n) is 3.85. The van der Waals surface area contributed by atoms with E-state index >= 15 is 0 Å². The van der Waals surface area contributed by atoms with E-state index < -0.39 is 0 Å². The number of hydrogen-bond acceptors (Lipinski definition) is 5. The highest BCUT2D eigenvalue weighted by Crippen LogP contribution is 2.18. The zero-order valence-electron chi connectivity index (χ0n) is 9.28. The van der Waals surface area contributed by atoms with Crippen LogP contribution in [0.4, 0.5) is 0 Å². The first-order valence-electron chi connectivity index (χ1n) is 5.57. The van der Waals surface area contributed by atoms with Crippen LogP contribution >= 0.6 is 0 Å². The lowest BCUT2D eigenvalue weighted by molar-refractivity contribution is 0.0275. The molecule has 0 amide bonds. The van der Waals surface area contributed by atoms with E-state index in [1.807, 2.05) is 18.3 Å². The summed E-state index contributed by atoms with van der Waals surface area (Å²) < 4.78 is 7.29. The van der Waals surface area contributed by atoms with Gasteiger partial charge in [0.25, 0.3) is 0 Å². The van der Waals surface area contributed by atoms with E-state index in [1.54, 1.807) is 11.0 Å². The molecule has 88 valence electrons. The Kier molecular flexibility index (Phi) is 2.81. The van der Waals surface area contributed by atoms with Crippen LogP contribution in [0.3, 0.4) is 0 Å². The summed E-state index contributed by atoms with van der Waals surface area (Å²) in [6.45, 7) is 2.50. The Morgan fingerprint density at radius 1 is 1.41 bits per heavy atom. The van der Waals surface area contributed by atoms with Gasteiger partial charge >= 0.3 is 0 Å². The maximum Gasteiger partial charge on any atom is 0.155 e. The number of nitrogens with zero attached hydrogens (tertiary/aromatic N) is 4. The number of rotatable bonds is 2. The van der Waals surface area contributed by atoms with Crippen LogP contribution in [0.25, 0.3) is 5.82 Å². The highest BCUT2D eigenvalue weighted by molar-refractivity contribution is 5.25. The highest BCUT2D eigenvalue weighted by atomic mass is 16.5. The molecule has 3 rings (SSSR count). The van der Waals surface area contributed by atoms with Crippen molar-refractivity contribution in [2.24, 2.45) is 0 Å². The molecule has 0 radical (unpaired) electrons. The fraction of sp³-hybridized carbons (Fsp3) is 0.364. The number of aromatic nitrogens is 4. The van der Waals surface area contributed by atoms with Crippen molar-refractivity contribution in [1.29, 1.82) is 0 Å². The molecule has 0 bridgehead atoms. The van der Waals surface area contributed by atoms with Gasteiger partial charge in [0, 0.05) is 24.8 Å². The summed E-state index contributed by atoms with van der Waals surface area (Å²) in [4.78, 5) is 8.24. The molecule has 3 heterocycles. The second-order valence-corrected chi connectivity index (χ2v) is 3.85. The molecule has 1 N–H and O–H groups in total. The Bertz CT molecular complexity index is 461. The molecule has 1 aliphatic rings. The molecular formula is C11H13N5O. The first-order chi connectivity index (χ1) is 8.43. The zero-order valence-corrected chi connectivity index (χ0v) is 9.28. The van der Waals surface area contributed by atoms with E-state index in [2.05, 4.69) is 20.4 Å². The molecule has 6 heteroatoms. The molecule has 1 saturated heterocycles. The average Bonchev–Trinajstić information content (AvgIpc) is 2.94. The predicted molar refractivity (Wildman–Crippen MR) is 60.7 cm³/mol. The van der Waals surface area contributed by atoms with Crippen molar-refractivity contribution < 1.29 is 4.74 Å². The number of nitrogens with one attached hydrogen (secondary N) is 1. The summed E-state index contributed by atoms with van der Waals surface area (Å²) in [5.41, 5.74) is 1.08. The van der Waals surface area contributed by atoms with E-state index in [1.165, 1.54) is 6.33 Å². The van der Waals surface area contributed by atoms with Crippen molar-refractivity contribution >= 4 is 0 Å². The Balaban J connectivity index is 1.80. The standard InChI is InChI=1S/C11H13N5O/c1-2-11(16-8-13-7-15-16)14-5-9(1)10-6-12-3-4-17-10/h1-2,5,7-8,10,12H,3-4,6H2. The monoisotopic (exact) mass is 231 g/mol. The number of morpholine rings is 1. The van der Waals surface area contributed by atoms with Gasteiger partial charge in [0.2, 0.25) is 0 Å². The van der Waals surface area contributed by atoms with Gasteiger partial charge in [0.05, 0.1) is 12.7 Å². The van der Waals surface area contributed by atoms with Gasteiger partial charge < -0.3 is 10.1 Å². The van der Waals surface area contributed by atoms with E-state index in [9.17, 15) is 0 Å². The van der Waals surface area contributed by atoms with Crippen LogP contribution in [-0.4, -0.2) is 39.4 Å². The number of ether oxygens (including phenoxy) is 1. The summed E-state index contributed by atoms with van der Waals surface area (Å²) in [6, 6.07) is 3.93. The Morgan fingerprint density at radius 3 is 3.06 bits per heavy atom. The molecule has 0 spiro atoms. The lowest BCUT2D eigenvalue weighted by Crippen LogP contribution is -2.33. The topological polar surface area (TPSA) is 64.9 Å². The first kappa shape index (κ1) is 10.4. The van der Waals surface area contributed by atoms with Crippen molar-refractivity contribution in [3.63, 3.8) is 0 Å². The zero-order chi connectivity index (χ0) is 11.5. The maximum atomic E-state index is 5.66. The minimum Gasteiger partial charge on any atom is -0.371 e. The van der Waals surface area contributed by atoms with E-state index in [-0.39, 0.29) is 6.10 Å². The first-order valence-corrected chi connectivity index (χ1v) is 5.57. The molecule has 6 nitrogen and oxygen atoms in total. The Morgan fingerprint density at radius 2 is 2.41 bits per heavy atom. The molecule has 17 heavy (non-hydrogen) atoms. The highest BCUT2D eigenvalue weighted by Gasteiger charge is 2.15. The van der Waals surface area contributed by atoms with Crippen molar-refractivity contribution in [1.82, 2.24) is 25.1 Å². The molecular weight excluding hydrogens is 218 g/mol. The normalized spacial score (nSPS) is 20.4. The van der Waals surface area contributed by atoms with Gasteiger partial charge in [0.1, 0.15) is 12.7 Å². The van der Waals surface area contributed by atoms with Crippen LogP contribution in [0.5, 0.6) is 0 Å². The van der Waals surface area contributed by atoms with Crippen molar-refractivity contribution in [3.05, 3.63) is 36.5 Å². The third-order valence-corrected chi connectivity index (χ3v) is 2.72. The van der Waals surface area contributed by atoms with Crippen LogP contribution in [0, 0.1) is 0 Å². The van der Waals surface area contributed by atoms with E-state index in [0.717, 1.165) is 31.1 Å². The number of hydrogen-bond donors (Lipinski definition) is 1. The fourth-order valence-electron chi connectivity index (χ4n) is 1.83. The second kappa shape index (κ2) is 4.60. The number of pyridine rings is 1. The van der Waals surface area contributed by atoms with Gasteiger partial charge in [-0.15, -0.1) is 0 Å². The minimum absolute atomic E-state index is 0.0982. The molecule has 1 aliphatic heterocycles. The quantitative estimate of drug-likeness (QED) is 0.806. The molecule has 0 saturated carbocycles. The van der Waals surface area contributed by atoms with Gasteiger partial charge in [0.15, 0.2) is 5.82 Å². The van der Waals surface area contributed by atoms with Crippen molar-refractivity contribution in [2.45, 2.75) is 6.10 Å². The lowest BCUT2D eigenvalue weighted by Gasteiger charge is -2.23. The van der Waals surface area contributed by atoms with Crippen LogP contribution < -0.4 is 5.32 Å². The van der Waals surface area contributed by atoms with Gasteiger partial charge in [-0.3, -0.25) is 0 Å². The summed E-state index contributed by atoms with van der Waals surface area (Å²) in [5, 5.41) is 7.32. The largest absolute Gasteiger partial charge is 0.371 e. The Labute approximate surface area is 98.7 Å². The smallest absolute Gasteiger partial charge is 0.155 e. The van der Waals surface area contributed by atoms with E-state index in [4.69, 9.17) is 4.74 Å². The van der Waals surface area contributed by atoms with Crippen molar-refractivity contribution in [2.75, 3.05) is 19.7 Å². The van der Waals surface area contributed by atoms with E-state index in [0.29, 0.717) is 0 Å². The third kappa shape index (κ3) is 2.17. The van der Waals surface area contributed by atoms with Crippen LogP contribution in [0.2, 0.25) is 0 Å². The summed E-state index contributed by atoms with van der Waals surface area (Å²) in [7, 11) is 0. The van der Waals surface area contributed by atoms with Gasteiger partial charge in [-0.25, -0.2) is 14.6 Å². The third-order valence-electron chi connectivity index (χ3n) is 2.72. The molecule has 2 aromatic rings. The summed E-state index contributed by atoms with van der Waals surface area (Å²) in [5.74, 6) is 0.759. The molecule has 0 aromatic carbocycles.